The topological polar surface area (TPSA) is 58.4 Å². The molecule has 0 aliphatic carbocycles. The summed E-state index contributed by atoms with van der Waals surface area (Å²) in [6.45, 7) is 8.67. The van der Waals surface area contributed by atoms with Gasteiger partial charge < -0.3 is 9.67 Å². The second kappa shape index (κ2) is 5.33. The smallest absolute Gasteiger partial charge is 0.309 e. The van der Waals surface area contributed by atoms with Gasteiger partial charge in [0.15, 0.2) is 0 Å². The lowest BCUT2D eigenvalue weighted by molar-refractivity contribution is -0.150. The Morgan fingerprint density at radius 3 is 2.63 bits per heavy atom. The van der Waals surface area contributed by atoms with Crippen LogP contribution < -0.4 is 0 Å². The van der Waals surface area contributed by atoms with Crippen LogP contribution in [0, 0.1) is 5.41 Å². The maximum atomic E-state index is 11.2. The van der Waals surface area contributed by atoms with E-state index < -0.39 is 11.4 Å². The zero-order valence-electron chi connectivity index (χ0n) is 12.0. The van der Waals surface area contributed by atoms with E-state index in [-0.39, 0.29) is 0 Å². The van der Waals surface area contributed by atoms with E-state index in [2.05, 4.69) is 28.3 Å². The Labute approximate surface area is 114 Å². The van der Waals surface area contributed by atoms with Crippen LogP contribution in [-0.4, -0.2) is 38.6 Å². The fourth-order valence-corrected chi connectivity index (χ4v) is 2.57. The first-order valence-electron chi connectivity index (χ1n) is 6.89. The van der Waals surface area contributed by atoms with Crippen LogP contribution in [0.1, 0.15) is 45.3 Å². The van der Waals surface area contributed by atoms with Crippen molar-refractivity contribution in [2.24, 2.45) is 5.41 Å². The van der Waals surface area contributed by atoms with Crippen molar-refractivity contribution in [3.05, 3.63) is 18.2 Å². The van der Waals surface area contributed by atoms with Gasteiger partial charge in [-0.1, -0.05) is 0 Å². The quantitative estimate of drug-likeness (QED) is 0.906. The molecule has 0 bridgehead atoms. The molecule has 1 N–H and O–H groups in total. The Morgan fingerprint density at radius 1 is 1.47 bits per heavy atom. The van der Waals surface area contributed by atoms with E-state index in [1.54, 1.807) is 0 Å². The van der Waals surface area contributed by atoms with E-state index in [9.17, 15) is 9.90 Å². The van der Waals surface area contributed by atoms with E-state index in [0.717, 1.165) is 32.5 Å². The summed E-state index contributed by atoms with van der Waals surface area (Å²) in [7, 11) is 0. The monoisotopic (exact) mass is 265 g/mol. The molecule has 1 aromatic rings. The third-order valence-corrected chi connectivity index (χ3v) is 4.16. The molecule has 0 radical (unpaired) electrons. The first-order chi connectivity index (χ1) is 8.92. The largest absolute Gasteiger partial charge is 0.481 e. The van der Waals surface area contributed by atoms with Gasteiger partial charge in [0.25, 0.3) is 0 Å². The van der Waals surface area contributed by atoms with Gasteiger partial charge >= 0.3 is 5.97 Å². The number of imidazole rings is 1. The molecule has 0 atom stereocenters. The van der Waals surface area contributed by atoms with Gasteiger partial charge in [0.05, 0.1) is 17.4 Å². The molecule has 1 aromatic heterocycles. The van der Waals surface area contributed by atoms with Crippen molar-refractivity contribution in [3.8, 4) is 0 Å². The molecular weight excluding hydrogens is 242 g/mol. The molecule has 0 unspecified atom stereocenters. The van der Waals surface area contributed by atoms with Crippen LogP contribution in [0.5, 0.6) is 0 Å². The molecule has 19 heavy (non-hydrogen) atoms. The highest BCUT2D eigenvalue weighted by molar-refractivity contribution is 5.74. The predicted molar refractivity (Wildman–Crippen MR) is 72.9 cm³/mol. The van der Waals surface area contributed by atoms with E-state index >= 15 is 0 Å². The van der Waals surface area contributed by atoms with Crippen molar-refractivity contribution in [2.75, 3.05) is 13.1 Å². The van der Waals surface area contributed by atoms with Gasteiger partial charge in [-0.2, -0.15) is 0 Å². The molecule has 1 fully saturated rings. The summed E-state index contributed by atoms with van der Waals surface area (Å²) in [6.07, 6.45) is 5.21. The highest BCUT2D eigenvalue weighted by atomic mass is 16.4. The first kappa shape index (κ1) is 14.1. The molecule has 106 valence electrons. The van der Waals surface area contributed by atoms with Crippen LogP contribution in [0.15, 0.2) is 12.5 Å². The standard InChI is InChI=1S/C14H23N3O2/c1-11(2)17-10-15-8-12(17)9-16-6-4-14(3,5-7-16)13(18)19/h8,10-11H,4-7,9H2,1-3H3,(H,18,19). The van der Waals surface area contributed by atoms with Crippen molar-refractivity contribution in [2.45, 2.75) is 46.2 Å². The normalized spacial score (nSPS) is 19.8. The third kappa shape index (κ3) is 2.97. The van der Waals surface area contributed by atoms with Crippen LogP contribution >= 0.6 is 0 Å². The Kier molecular flexibility index (Phi) is 3.94. The molecule has 5 heteroatoms. The summed E-state index contributed by atoms with van der Waals surface area (Å²) in [6, 6.07) is 0.409. The SMILES string of the molecule is CC(C)n1cncc1CN1CCC(C)(C(=O)O)CC1. The number of aliphatic carboxylic acids is 1. The Hall–Kier alpha value is -1.36. The first-order valence-corrected chi connectivity index (χ1v) is 6.89. The minimum Gasteiger partial charge on any atom is -0.481 e. The van der Waals surface area contributed by atoms with Crippen molar-refractivity contribution >= 4 is 5.97 Å². The number of nitrogens with zero attached hydrogens (tertiary/aromatic N) is 3. The van der Waals surface area contributed by atoms with Gasteiger partial charge in [-0.05, 0) is 46.7 Å². The van der Waals surface area contributed by atoms with Crippen molar-refractivity contribution in [3.63, 3.8) is 0 Å². The van der Waals surface area contributed by atoms with Crippen molar-refractivity contribution in [1.82, 2.24) is 14.5 Å². The predicted octanol–water partition coefficient (Wildman–Crippen LogP) is 2.15. The zero-order chi connectivity index (χ0) is 14.0. The van der Waals surface area contributed by atoms with Gasteiger partial charge in [-0.3, -0.25) is 9.69 Å². The van der Waals surface area contributed by atoms with E-state index in [4.69, 9.17) is 0 Å². The Morgan fingerprint density at radius 2 is 2.11 bits per heavy atom. The lowest BCUT2D eigenvalue weighted by Gasteiger charge is -2.36. The second-order valence-corrected chi connectivity index (χ2v) is 6.03. The number of carbonyl (C=O) groups is 1. The molecule has 1 aliphatic rings. The number of carboxylic acid groups (broad SMARTS) is 1. The summed E-state index contributed by atoms with van der Waals surface area (Å²) < 4.78 is 2.17. The van der Waals surface area contributed by atoms with Crippen LogP contribution in [0.3, 0.4) is 0 Å². The molecule has 0 aromatic carbocycles. The minimum absolute atomic E-state index is 0.409. The van der Waals surface area contributed by atoms with Gasteiger partial charge in [0, 0.05) is 18.8 Å². The number of rotatable bonds is 4. The summed E-state index contributed by atoms with van der Waals surface area (Å²) in [5.74, 6) is -0.667. The molecule has 0 amide bonds. The van der Waals surface area contributed by atoms with Crippen LogP contribution in [-0.2, 0) is 11.3 Å². The molecule has 2 rings (SSSR count). The number of hydrogen-bond donors (Lipinski definition) is 1. The highest BCUT2D eigenvalue weighted by Gasteiger charge is 2.36. The third-order valence-electron chi connectivity index (χ3n) is 4.16. The van der Waals surface area contributed by atoms with E-state index in [1.165, 1.54) is 5.69 Å². The van der Waals surface area contributed by atoms with Crippen LogP contribution in [0.25, 0.3) is 0 Å². The molecular formula is C14H23N3O2. The van der Waals surface area contributed by atoms with Crippen molar-refractivity contribution in [1.29, 1.82) is 0 Å². The highest BCUT2D eigenvalue weighted by Crippen LogP contribution is 2.31. The van der Waals surface area contributed by atoms with Crippen LogP contribution in [0.4, 0.5) is 0 Å². The molecule has 1 aliphatic heterocycles. The maximum Gasteiger partial charge on any atom is 0.309 e. The number of likely N-dealkylation sites (tertiary alicyclic amines) is 1. The van der Waals surface area contributed by atoms with Gasteiger partial charge in [-0.25, -0.2) is 4.98 Å². The fraction of sp³-hybridized carbons (Fsp3) is 0.714. The summed E-state index contributed by atoms with van der Waals surface area (Å²) >= 11 is 0. The number of aromatic nitrogens is 2. The summed E-state index contributed by atoms with van der Waals surface area (Å²) in [4.78, 5) is 17.7. The lowest BCUT2D eigenvalue weighted by Crippen LogP contribution is -2.42. The number of carboxylic acids is 1. The van der Waals surface area contributed by atoms with Gasteiger partial charge in [0.1, 0.15) is 0 Å². The number of piperidine rings is 1. The molecule has 0 spiro atoms. The summed E-state index contributed by atoms with van der Waals surface area (Å²) in [5, 5.41) is 9.22. The van der Waals surface area contributed by atoms with E-state index in [0.29, 0.717) is 6.04 Å². The molecule has 2 heterocycles. The minimum atomic E-state index is -0.667. The number of hydrogen-bond acceptors (Lipinski definition) is 3. The molecule has 0 saturated carbocycles. The van der Waals surface area contributed by atoms with Crippen LogP contribution in [0.2, 0.25) is 0 Å². The Balaban J connectivity index is 1.96. The average Bonchev–Trinajstić information content (AvgIpc) is 2.80. The summed E-state index contributed by atoms with van der Waals surface area (Å²) in [5.41, 5.74) is 0.656. The van der Waals surface area contributed by atoms with Gasteiger partial charge in [-0.15, -0.1) is 0 Å². The Bertz CT molecular complexity index is 445. The fourth-order valence-electron chi connectivity index (χ4n) is 2.57. The maximum absolute atomic E-state index is 11.2. The average molecular weight is 265 g/mol. The van der Waals surface area contributed by atoms with Gasteiger partial charge in [0.2, 0.25) is 0 Å². The zero-order valence-corrected chi connectivity index (χ0v) is 12.0. The van der Waals surface area contributed by atoms with E-state index in [1.807, 2.05) is 19.4 Å². The second-order valence-electron chi connectivity index (χ2n) is 6.03. The molecule has 1 saturated heterocycles. The van der Waals surface area contributed by atoms with Crippen molar-refractivity contribution < 1.29 is 9.90 Å². The molecule has 5 nitrogen and oxygen atoms in total. The lowest BCUT2D eigenvalue weighted by atomic mass is 9.80.